The van der Waals surface area contributed by atoms with Gasteiger partial charge in [0.1, 0.15) is 27.8 Å². The Kier molecular flexibility index (Phi) is 10.8. The fourth-order valence-corrected chi connectivity index (χ4v) is 6.81. The molecule has 0 aliphatic rings. The number of nitrogens with one attached hydrogen (secondary N) is 1. The number of rotatable bonds is 13. The van der Waals surface area contributed by atoms with Crippen LogP contribution in [0.3, 0.4) is 0 Å². The zero-order valence-electron chi connectivity index (χ0n) is 25.3. The van der Waals surface area contributed by atoms with Gasteiger partial charge in [-0.2, -0.15) is 30.4 Å². The highest BCUT2D eigenvalue weighted by atomic mass is 32.3. The number of hydrogen-bond acceptors (Lipinski definition) is 15. The maximum absolute atomic E-state index is 12.6. The van der Waals surface area contributed by atoms with Crippen molar-refractivity contribution in [3.63, 3.8) is 0 Å². The van der Waals surface area contributed by atoms with E-state index in [1.54, 1.807) is 6.92 Å². The molecule has 262 valence electrons. The quantitative estimate of drug-likeness (QED) is 0.0877. The maximum Gasteiger partial charge on any atom is 0.397 e. The smallest absolute Gasteiger partial charge is 0.397 e. The van der Waals surface area contributed by atoms with Crippen LogP contribution in [0.4, 0.5) is 28.4 Å². The molecule has 0 aliphatic carbocycles. The van der Waals surface area contributed by atoms with E-state index in [9.17, 15) is 47.9 Å². The number of azo groups is 2. The number of hydrogen-bond donors (Lipinski definition) is 5. The minimum absolute atomic E-state index is 0.00289. The molecule has 0 radical (unpaired) electrons. The molecule has 0 heterocycles. The lowest BCUT2D eigenvalue weighted by atomic mass is 10.0. The molecular formula is C27H27N5O13S4. The molecule has 4 aromatic rings. The molecule has 0 amide bonds. The molecule has 22 heteroatoms. The van der Waals surface area contributed by atoms with E-state index >= 15 is 0 Å². The average molecular weight is 758 g/mol. The Labute approximate surface area is 280 Å². The Balaban J connectivity index is 1.78. The van der Waals surface area contributed by atoms with Crippen molar-refractivity contribution >= 4 is 79.7 Å². The Bertz CT molecular complexity index is 2450. The summed E-state index contributed by atoms with van der Waals surface area (Å²) in [5, 5.41) is 30.2. The highest BCUT2D eigenvalue weighted by Gasteiger charge is 2.20. The lowest BCUT2D eigenvalue weighted by Crippen LogP contribution is -2.15. The zero-order chi connectivity index (χ0) is 36.4. The second-order valence-corrected chi connectivity index (χ2v) is 16.3. The third-order valence-electron chi connectivity index (χ3n) is 6.55. The first-order chi connectivity index (χ1) is 22.6. The minimum Gasteiger partial charge on any atom is -0.505 e. The van der Waals surface area contributed by atoms with Crippen molar-refractivity contribution in [3.8, 4) is 5.75 Å². The summed E-state index contributed by atoms with van der Waals surface area (Å²) in [7, 11) is -18.2. The van der Waals surface area contributed by atoms with E-state index in [0.29, 0.717) is 5.56 Å². The fraction of sp³-hybridized carbons (Fsp3) is 0.185. The predicted octanol–water partition coefficient (Wildman–Crippen LogP) is 5.09. The van der Waals surface area contributed by atoms with Gasteiger partial charge >= 0.3 is 10.4 Å². The van der Waals surface area contributed by atoms with E-state index < -0.39 is 69.4 Å². The van der Waals surface area contributed by atoms with E-state index in [1.807, 2.05) is 0 Å². The number of fused-ring (bicyclic) bond motifs is 1. The van der Waals surface area contributed by atoms with Gasteiger partial charge in [0.05, 0.1) is 28.6 Å². The summed E-state index contributed by atoms with van der Waals surface area (Å²) in [5.74, 6) is -2.15. The molecule has 4 rings (SSSR count). The molecule has 49 heavy (non-hydrogen) atoms. The van der Waals surface area contributed by atoms with Crippen LogP contribution in [0.1, 0.15) is 11.1 Å². The molecule has 0 spiro atoms. The Hall–Kier alpha value is -4.42. The summed E-state index contributed by atoms with van der Waals surface area (Å²) in [5.41, 5.74) is 0.491. The topological polar surface area (TPSA) is 288 Å². The monoisotopic (exact) mass is 757 g/mol. The van der Waals surface area contributed by atoms with Crippen molar-refractivity contribution in [2.45, 2.75) is 23.6 Å². The molecule has 0 aliphatic heterocycles. The van der Waals surface area contributed by atoms with Gasteiger partial charge in [-0.3, -0.25) is 13.7 Å². The average Bonchev–Trinajstić information content (AvgIpc) is 2.97. The predicted molar refractivity (Wildman–Crippen MR) is 176 cm³/mol. The Morgan fingerprint density at radius 2 is 1.45 bits per heavy atom. The van der Waals surface area contributed by atoms with Gasteiger partial charge in [-0.25, -0.2) is 12.6 Å². The van der Waals surface area contributed by atoms with Crippen LogP contribution in [0.5, 0.6) is 5.75 Å². The van der Waals surface area contributed by atoms with Crippen molar-refractivity contribution in [1.82, 2.24) is 0 Å². The van der Waals surface area contributed by atoms with E-state index in [0.717, 1.165) is 12.1 Å². The van der Waals surface area contributed by atoms with E-state index in [-0.39, 0.29) is 49.7 Å². The van der Waals surface area contributed by atoms with Crippen LogP contribution in [0.2, 0.25) is 0 Å². The van der Waals surface area contributed by atoms with Gasteiger partial charge in [0, 0.05) is 10.8 Å². The standard InChI is InChI=1S/C27H27N5O13S4/c1-16-6-9-24(48(39,40)41)23(12-16)30-32-26-21-13-17(2)25(27(33)20(21)7-8-22(26)28-15-47(36,37)38)31-29-18-4-3-5-19(14-18)46(34,35)11-10-45-49(42,43)44/h3-9,12-14,28,33H,10-11,15H2,1-2H3,(H,36,37,38)(H,39,40,41)(H,42,43,44). The summed E-state index contributed by atoms with van der Waals surface area (Å²) in [6.07, 6.45) is 0. The van der Waals surface area contributed by atoms with Gasteiger partial charge in [0.2, 0.25) is 0 Å². The van der Waals surface area contributed by atoms with Crippen molar-refractivity contribution in [3.05, 3.63) is 71.8 Å². The Morgan fingerprint density at radius 3 is 2.10 bits per heavy atom. The van der Waals surface area contributed by atoms with Crippen LogP contribution in [0.15, 0.2) is 90.9 Å². The number of sulfone groups is 1. The molecule has 0 saturated heterocycles. The van der Waals surface area contributed by atoms with E-state index in [1.165, 1.54) is 55.5 Å². The SMILES string of the molecule is Cc1ccc(S(=O)(=O)O)c(N=Nc2c(NCS(=O)(=O)O)ccc3c(O)c(N=Nc4cccc(S(=O)(=O)CCOS(=O)(=O)O)c4)c(C)cc23)c1. The summed E-state index contributed by atoms with van der Waals surface area (Å²) in [6.45, 7) is 2.33. The van der Waals surface area contributed by atoms with Crippen LogP contribution in [0.25, 0.3) is 10.8 Å². The molecular weight excluding hydrogens is 731 g/mol. The van der Waals surface area contributed by atoms with Crippen LogP contribution < -0.4 is 5.32 Å². The number of aryl methyl sites for hydroxylation is 2. The first kappa shape index (κ1) is 37.4. The minimum atomic E-state index is -4.84. The van der Waals surface area contributed by atoms with Gasteiger partial charge in [-0.15, -0.1) is 15.3 Å². The summed E-state index contributed by atoms with van der Waals surface area (Å²) in [4.78, 5) is -0.812. The Morgan fingerprint density at radius 1 is 0.755 bits per heavy atom. The lowest BCUT2D eigenvalue weighted by Gasteiger charge is -2.14. The van der Waals surface area contributed by atoms with E-state index in [2.05, 4.69) is 30.0 Å². The first-order valence-corrected chi connectivity index (χ1v) is 19.6. The maximum atomic E-state index is 12.6. The number of nitrogens with zero attached hydrogens (tertiary/aromatic N) is 4. The van der Waals surface area contributed by atoms with Gasteiger partial charge < -0.3 is 10.4 Å². The van der Waals surface area contributed by atoms with Crippen LogP contribution >= 0.6 is 0 Å². The number of anilines is 1. The molecule has 0 fully saturated rings. The molecule has 0 bridgehead atoms. The highest BCUT2D eigenvalue weighted by Crippen LogP contribution is 2.45. The zero-order valence-corrected chi connectivity index (χ0v) is 28.5. The third-order valence-corrected chi connectivity index (χ3v) is 10.1. The molecule has 0 aromatic heterocycles. The molecule has 0 atom stereocenters. The van der Waals surface area contributed by atoms with E-state index in [4.69, 9.17) is 4.55 Å². The fourth-order valence-electron chi connectivity index (χ4n) is 4.35. The molecule has 0 unspecified atom stereocenters. The summed E-state index contributed by atoms with van der Waals surface area (Å²) in [6, 6.07) is 13.1. The largest absolute Gasteiger partial charge is 0.505 e. The van der Waals surface area contributed by atoms with Crippen molar-refractivity contribution < 1.29 is 56.6 Å². The molecule has 5 N–H and O–H groups in total. The number of aromatic hydroxyl groups is 1. The van der Waals surface area contributed by atoms with Gasteiger partial charge in [0.25, 0.3) is 20.2 Å². The third kappa shape index (κ3) is 9.82. The number of phenolic OH excluding ortho intramolecular Hbond substituents is 1. The van der Waals surface area contributed by atoms with Crippen LogP contribution in [-0.4, -0.2) is 70.7 Å². The first-order valence-electron chi connectivity index (χ1n) is 13.5. The summed E-state index contributed by atoms with van der Waals surface area (Å²) >= 11 is 0. The second kappa shape index (κ2) is 14.2. The van der Waals surface area contributed by atoms with Gasteiger partial charge in [-0.1, -0.05) is 12.1 Å². The van der Waals surface area contributed by atoms with Crippen molar-refractivity contribution in [1.29, 1.82) is 0 Å². The van der Waals surface area contributed by atoms with Gasteiger partial charge in [-0.05, 0) is 73.5 Å². The normalized spacial score (nSPS) is 13.1. The number of benzene rings is 4. The highest BCUT2D eigenvalue weighted by molar-refractivity contribution is 7.91. The number of phenols is 1. The molecule has 4 aromatic carbocycles. The van der Waals surface area contributed by atoms with Gasteiger partial charge in [0.15, 0.2) is 15.6 Å². The van der Waals surface area contributed by atoms with Crippen LogP contribution in [-0.2, 0) is 44.7 Å². The molecule has 0 saturated carbocycles. The van der Waals surface area contributed by atoms with Crippen LogP contribution in [0, 0.1) is 13.8 Å². The van der Waals surface area contributed by atoms with Crippen molar-refractivity contribution in [2.24, 2.45) is 20.5 Å². The lowest BCUT2D eigenvalue weighted by molar-refractivity contribution is 0.284. The molecule has 18 nitrogen and oxygen atoms in total. The van der Waals surface area contributed by atoms with Crippen molar-refractivity contribution in [2.75, 3.05) is 23.6 Å². The summed E-state index contributed by atoms with van der Waals surface area (Å²) < 4.78 is 125. The second-order valence-electron chi connectivity index (χ2n) is 10.3.